The van der Waals surface area contributed by atoms with Gasteiger partial charge in [0.2, 0.25) is 0 Å². The molecule has 0 bridgehead atoms. The minimum absolute atomic E-state index is 0.00474. The molecule has 2 rings (SSSR count). The van der Waals surface area contributed by atoms with Gasteiger partial charge in [0.25, 0.3) is 5.91 Å². The number of para-hydroxylation sites is 1. The molecule has 0 aromatic heterocycles. The summed E-state index contributed by atoms with van der Waals surface area (Å²) in [6, 6.07) is 11.6. The predicted octanol–water partition coefficient (Wildman–Crippen LogP) is 3.97. The maximum absolute atomic E-state index is 12.2. The van der Waals surface area contributed by atoms with Gasteiger partial charge in [0.15, 0.2) is 0 Å². The van der Waals surface area contributed by atoms with Crippen molar-refractivity contribution in [3.63, 3.8) is 0 Å². The molecule has 0 heterocycles. The number of carbonyl (C=O) groups is 2. The normalized spacial score (nSPS) is 10.2. The maximum atomic E-state index is 12.2. The van der Waals surface area contributed by atoms with Crippen molar-refractivity contribution >= 4 is 55.2 Å². The number of nitrogens with one attached hydrogen (secondary N) is 3. The quantitative estimate of drug-likeness (QED) is 0.481. The third-order valence-corrected chi connectivity index (χ3v) is 4.08. The number of rotatable bonds is 6. The van der Waals surface area contributed by atoms with Gasteiger partial charge in [-0.1, -0.05) is 44.0 Å². The summed E-state index contributed by atoms with van der Waals surface area (Å²) >= 11 is 6.72. The van der Waals surface area contributed by atoms with Gasteiger partial charge in [-0.05, 0) is 36.8 Å². The lowest BCUT2D eigenvalue weighted by atomic mass is 10.1. The van der Waals surface area contributed by atoms with Crippen LogP contribution in [0.2, 0.25) is 0 Å². The van der Waals surface area contributed by atoms with Crippen LogP contribution >= 0.6 is 31.9 Å². The lowest BCUT2D eigenvalue weighted by Crippen LogP contribution is -2.27. The lowest BCUT2D eigenvalue weighted by Gasteiger charge is -2.12. The van der Waals surface area contributed by atoms with Crippen LogP contribution in [0.3, 0.4) is 0 Å². The van der Waals surface area contributed by atoms with Crippen LogP contribution in [-0.4, -0.2) is 30.2 Å². The number of benzene rings is 2. The highest BCUT2D eigenvalue weighted by molar-refractivity contribution is 9.11. The average molecular weight is 471 g/mol. The van der Waals surface area contributed by atoms with E-state index in [1.807, 2.05) is 6.07 Å². The molecule has 0 spiro atoms. The zero-order valence-corrected chi connectivity index (χ0v) is 16.4. The molecular weight excluding hydrogens is 454 g/mol. The van der Waals surface area contributed by atoms with Gasteiger partial charge >= 0.3 is 6.03 Å². The maximum Gasteiger partial charge on any atom is 0.323 e. The Morgan fingerprint density at radius 1 is 1.00 bits per heavy atom. The van der Waals surface area contributed by atoms with Gasteiger partial charge < -0.3 is 21.1 Å². The van der Waals surface area contributed by atoms with Gasteiger partial charge in [-0.3, -0.25) is 4.79 Å². The first-order valence-electron chi connectivity index (χ1n) is 7.52. The van der Waals surface area contributed by atoms with E-state index in [1.54, 1.807) is 36.4 Å². The molecular formula is C17H17Br2N3O3. The Bertz CT molecular complexity index is 748. The number of urea groups is 1. The molecule has 0 fully saturated rings. The Morgan fingerprint density at radius 2 is 1.68 bits per heavy atom. The summed E-state index contributed by atoms with van der Waals surface area (Å²) in [6.45, 7) is 0.368. The fourth-order valence-electron chi connectivity index (χ4n) is 2.08. The van der Waals surface area contributed by atoms with E-state index in [-0.39, 0.29) is 12.5 Å². The topological polar surface area (TPSA) is 90.5 Å². The van der Waals surface area contributed by atoms with Crippen molar-refractivity contribution in [3.8, 4) is 0 Å². The highest BCUT2D eigenvalue weighted by atomic mass is 79.9. The molecule has 0 saturated heterocycles. The molecule has 132 valence electrons. The van der Waals surface area contributed by atoms with Crippen molar-refractivity contribution < 1.29 is 14.7 Å². The van der Waals surface area contributed by atoms with Crippen LogP contribution in [0.15, 0.2) is 51.4 Å². The van der Waals surface area contributed by atoms with Crippen LogP contribution in [0.25, 0.3) is 0 Å². The second-order valence-electron chi connectivity index (χ2n) is 5.12. The second kappa shape index (κ2) is 9.55. The summed E-state index contributed by atoms with van der Waals surface area (Å²) < 4.78 is 1.64. The molecule has 0 aliphatic heterocycles. The summed E-state index contributed by atoms with van der Waals surface area (Å²) in [5, 5.41) is 16.9. The minimum atomic E-state index is -0.458. The van der Waals surface area contributed by atoms with E-state index in [4.69, 9.17) is 5.11 Å². The number of amides is 3. The zero-order chi connectivity index (χ0) is 18.2. The first-order chi connectivity index (χ1) is 12.0. The van der Waals surface area contributed by atoms with Crippen molar-refractivity contribution in [3.05, 3.63) is 57.0 Å². The van der Waals surface area contributed by atoms with E-state index in [2.05, 4.69) is 47.8 Å². The van der Waals surface area contributed by atoms with Crippen LogP contribution in [0.1, 0.15) is 16.8 Å². The Labute approximate surface area is 162 Å². The van der Waals surface area contributed by atoms with Gasteiger partial charge in [0.1, 0.15) is 0 Å². The molecule has 3 amide bonds. The predicted molar refractivity (Wildman–Crippen MR) is 105 cm³/mol. The van der Waals surface area contributed by atoms with E-state index in [9.17, 15) is 9.59 Å². The van der Waals surface area contributed by atoms with Crippen molar-refractivity contribution in [1.82, 2.24) is 5.32 Å². The van der Waals surface area contributed by atoms with E-state index < -0.39 is 6.03 Å². The van der Waals surface area contributed by atoms with Gasteiger partial charge in [0.05, 0.1) is 11.3 Å². The Hall–Kier alpha value is -1.90. The van der Waals surface area contributed by atoms with Crippen LogP contribution < -0.4 is 16.0 Å². The van der Waals surface area contributed by atoms with Gasteiger partial charge in [-0.25, -0.2) is 4.79 Å². The Morgan fingerprint density at radius 3 is 2.36 bits per heavy atom. The monoisotopic (exact) mass is 469 g/mol. The molecule has 2 aromatic carbocycles. The van der Waals surface area contributed by atoms with Crippen molar-refractivity contribution in [2.24, 2.45) is 0 Å². The van der Waals surface area contributed by atoms with Crippen molar-refractivity contribution in [2.75, 3.05) is 23.8 Å². The molecule has 0 radical (unpaired) electrons. The van der Waals surface area contributed by atoms with Gasteiger partial charge in [-0.15, -0.1) is 0 Å². The summed E-state index contributed by atoms with van der Waals surface area (Å²) in [6.07, 6.45) is 0.472. The van der Waals surface area contributed by atoms with Crippen LogP contribution in [-0.2, 0) is 0 Å². The SMILES string of the molecule is O=C(Nc1cc(Br)cc(Br)c1)Nc1ccccc1C(=O)NCCCO. The molecule has 0 aliphatic carbocycles. The number of aliphatic hydroxyl groups excluding tert-OH is 1. The number of carbonyl (C=O) groups excluding carboxylic acids is 2. The molecule has 2 aromatic rings. The van der Waals surface area contributed by atoms with E-state index >= 15 is 0 Å². The third-order valence-electron chi connectivity index (χ3n) is 3.16. The van der Waals surface area contributed by atoms with Gasteiger partial charge in [0, 0.05) is 27.8 Å². The highest BCUT2D eigenvalue weighted by Gasteiger charge is 2.13. The zero-order valence-electron chi connectivity index (χ0n) is 13.2. The van der Waals surface area contributed by atoms with Crippen LogP contribution in [0.4, 0.5) is 16.2 Å². The molecule has 6 nitrogen and oxygen atoms in total. The minimum Gasteiger partial charge on any atom is -0.396 e. The smallest absolute Gasteiger partial charge is 0.323 e. The summed E-state index contributed by atoms with van der Waals surface area (Å²) in [4.78, 5) is 24.4. The molecule has 25 heavy (non-hydrogen) atoms. The van der Waals surface area contributed by atoms with Crippen molar-refractivity contribution in [1.29, 1.82) is 0 Å². The summed E-state index contributed by atoms with van der Waals surface area (Å²) in [5.74, 6) is -0.311. The molecule has 4 N–H and O–H groups in total. The molecule has 0 saturated carbocycles. The fraction of sp³-hybridized carbons (Fsp3) is 0.176. The fourth-order valence-corrected chi connectivity index (χ4v) is 3.37. The van der Waals surface area contributed by atoms with E-state index in [1.165, 1.54) is 0 Å². The molecule has 0 atom stereocenters. The lowest BCUT2D eigenvalue weighted by molar-refractivity contribution is 0.0952. The highest BCUT2D eigenvalue weighted by Crippen LogP contribution is 2.23. The number of anilines is 2. The standard InChI is InChI=1S/C17H17Br2N3O3/c18-11-8-12(19)10-13(9-11)21-17(25)22-15-5-2-1-4-14(15)16(24)20-6-3-7-23/h1-2,4-5,8-10,23H,3,6-7H2,(H,20,24)(H2,21,22,25). The number of aliphatic hydroxyl groups is 1. The largest absolute Gasteiger partial charge is 0.396 e. The first-order valence-corrected chi connectivity index (χ1v) is 9.10. The summed E-state index contributed by atoms with van der Waals surface area (Å²) in [7, 11) is 0. The Kier molecular flexibility index (Phi) is 7.42. The van der Waals surface area contributed by atoms with Crippen LogP contribution in [0.5, 0.6) is 0 Å². The van der Waals surface area contributed by atoms with E-state index in [0.717, 1.165) is 8.95 Å². The third kappa shape index (κ3) is 6.15. The van der Waals surface area contributed by atoms with Crippen LogP contribution in [0, 0.1) is 0 Å². The van der Waals surface area contributed by atoms with Gasteiger partial charge in [-0.2, -0.15) is 0 Å². The molecule has 8 heteroatoms. The number of halogens is 2. The number of hydrogen-bond acceptors (Lipinski definition) is 3. The Balaban J connectivity index is 2.06. The van der Waals surface area contributed by atoms with E-state index in [0.29, 0.717) is 29.9 Å². The second-order valence-corrected chi connectivity index (χ2v) is 6.95. The first kappa shape index (κ1) is 19.4. The molecule has 0 aliphatic rings. The molecule has 0 unspecified atom stereocenters. The van der Waals surface area contributed by atoms with Crippen molar-refractivity contribution in [2.45, 2.75) is 6.42 Å². The average Bonchev–Trinajstić information content (AvgIpc) is 2.54. The summed E-state index contributed by atoms with van der Waals surface area (Å²) in [5.41, 5.74) is 1.35. The number of hydrogen-bond donors (Lipinski definition) is 4.